The van der Waals surface area contributed by atoms with E-state index >= 15 is 0 Å². The molecule has 11 heavy (non-hydrogen) atoms. The van der Waals surface area contributed by atoms with Gasteiger partial charge in [0.25, 0.3) is 0 Å². The van der Waals surface area contributed by atoms with Crippen LogP contribution in [0.15, 0.2) is 0 Å². The lowest BCUT2D eigenvalue weighted by Gasteiger charge is -2.27. The van der Waals surface area contributed by atoms with Crippen molar-refractivity contribution in [2.75, 3.05) is 13.1 Å². The van der Waals surface area contributed by atoms with Gasteiger partial charge in [0.2, 0.25) is 0 Å². The van der Waals surface area contributed by atoms with Crippen molar-refractivity contribution in [3.8, 4) is 0 Å². The second-order valence-corrected chi connectivity index (χ2v) is 2.56. The minimum Gasteiger partial charge on any atom is -0.314 e. The molecule has 6 nitrogen and oxygen atoms in total. The highest BCUT2D eigenvalue weighted by molar-refractivity contribution is 4.84. The highest BCUT2D eigenvalue weighted by Gasteiger charge is 2.15. The Morgan fingerprint density at radius 2 is 2.45 bits per heavy atom. The number of nitrogens with one attached hydrogen (secondary N) is 3. The zero-order valence-corrected chi connectivity index (χ0v) is 6.04. The predicted molar refractivity (Wildman–Crippen MR) is 37.7 cm³/mol. The van der Waals surface area contributed by atoms with Gasteiger partial charge in [-0.1, -0.05) is 5.21 Å². The summed E-state index contributed by atoms with van der Waals surface area (Å²) in [5, 5.41) is 19.9. The van der Waals surface area contributed by atoms with Crippen molar-refractivity contribution in [3.05, 3.63) is 5.82 Å². The molecular formula is C5H10N6. The lowest BCUT2D eigenvalue weighted by Crippen LogP contribution is -2.55. The molecule has 1 aliphatic heterocycles. The molecule has 0 bridgehead atoms. The number of hydrogen-bond acceptors (Lipinski definition) is 5. The van der Waals surface area contributed by atoms with Crippen LogP contribution >= 0.6 is 0 Å². The fourth-order valence-corrected chi connectivity index (χ4v) is 0.926. The summed E-state index contributed by atoms with van der Waals surface area (Å²) in [5.74, 6) is 0.719. The van der Waals surface area contributed by atoms with Crippen molar-refractivity contribution < 1.29 is 0 Å². The van der Waals surface area contributed by atoms with Gasteiger partial charge in [0.1, 0.15) is 0 Å². The molecular weight excluding hydrogens is 144 g/mol. The first kappa shape index (κ1) is 6.68. The lowest BCUT2D eigenvalue weighted by molar-refractivity contribution is 0.362. The smallest absolute Gasteiger partial charge is 0.188 e. The van der Waals surface area contributed by atoms with Gasteiger partial charge in [-0.05, 0) is 0 Å². The zero-order chi connectivity index (χ0) is 7.52. The minimum atomic E-state index is 0.577. The molecule has 3 N–H and O–H groups in total. The van der Waals surface area contributed by atoms with Crippen molar-refractivity contribution >= 4 is 0 Å². The van der Waals surface area contributed by atoms with Crippen LogP contribution in [0.1, 0.15) is 5.82 Å². The molecule has 60 valence electrons. The van der Waals surface area contributed by atoms with Gasteiger partial charge in [0.05, 0.1) is 6.54 Å². The molecule has 0 amide bonds. The molecule has 0 aromatic carbocycles. The minimum absolute atomic E-state index is 0.577. The summed E-state index contributed by atoms with van der Waals surface area (Å²) in [6, 6.07) is 0.577. The van der Waals surface area contributed by atoms with E-state index < -0.39 is 0 Å². The van der Waals surface area contributed by atoms with Crippen molar-refractivity contribution in [2.45, 2.75) is 12.6 Å². The summed E-state index contributed by atoms with van der Waals surface area (Å²) in [7, 11) is 0. The summed E-state index contributed by atoms with van der Waals surface area (Å²) in [6.07, 6.45) is 0. The molecule has 2 heterocycles. The van der Waals surface area contributed by atoms with E-state index in [2.05, 4.69) is 31.3 Å². The van der Waals surface area contributed by atoms with Gasteiger partial charge in [0.15, 0.2) is 5.82 Å². The number of rotatable bonds is 3. The van der Waals surface area contributed by atoms with Crippen molar-refractivity contribution in [3.63, 3.8) is 0 Å². The molecule has 2 rings (SSSR count). The third kappa shape index (κ3) is 1.52. The Kier molecular flexibility index (Phi) is 1.78. The SMILES string of the molecule is C(NC1CNC1)c1nn[nH]n1. The van der Waals surface area contributed by atoms with Crippen molar-refractivity contribution in [1.29, 1.82) is 0 Å². The van der Waals surface area contributed by atoms with E-state index in [1.54, 1.807) is 0 Å². The summed E-state index contributed by atoms with van der Waals surface area (Å²) in [5.41, 5.74) is 0. The Balaban J connectivity index is 1.74. The van der Waals surface area contributed by atoms with Gasteiger partial charge < -0.3 is 10.6 Å². The maximum Gasteiger partial charge on any atom is 0.188 e. The summed E-state index contributed by atoms with van der Waals surface area (Å²) < 4.78 is 0. The van der Waals surface area contributed by atoms with Crippen LogP contribution in [-0.4, -0.2) is 39.8 Å². The zero-order valence-electron chi connectivity index (χ0n) is 6.04. The fraction of sp³-hybridized carbons (Fsp3) is 0.800. The van der Waals surface area contributed by atoms with Gasteiger partial charge in [-0.15, -0.1) is 10.2 Å². The van der Waals surface area contributed by atoms with Gasteiger partial charge in [-0.3, -0.25) is 0 Å². The van der Waals surface area contributed by atoms with E-state index in [9.17, 15) is 0 Å². The van der Waals surface area contributed by atoms with Crippen LogP contribution in [0.4, 0.5) is 0 Å². The Bertz CT molecular complexity index is 203. The normalized spacial score (nSPS) is 18.2. The van der Waals surface area contributed by atoms with E-state index in [1.165, 1.54) is 0 Å². The van der Waals surface area contributed by atoms with E-state index in [0.29, 0.717) is 12.6 Å². The molecule has 1 aromatic heterocycles. The molecule has 0 atom stereocenters. The standard InChI is InChI=1S/C5H10N6/c1-4(2-6-1)7-3-5-8-10-11-9-5/h4,6-7H,1-3H2,(H,8,9,10,11). The fourth-order valence-electron chi connectivity index (χ4n) is 0.926. The third-order valence-electron chi connectivity index (χ3n) is 1.72. The Hall–Kier alpha value is -1.01. The van der Waals surface area contributed by atoms with Crippen LogP contribution in [0.5, 0.6) is 0 Å². The average Bonchev–Trinajstić information content (AvgIpc) is 2.36. The highest BCUT2D eigenvalue weighted by atomic mass is 15.5. The molecule has 0 spiro atoms. The van der Waals surface area contributed by atoms with E-state index in [0.717, 1.165) is 18.9 Å². The number of H-pyrrole nitrogens is 1. The Labute approximate surface area is 63.8 Å². The molecule has 0 aliphatic carbocycles. The van der Waals surface area contributed by atoms with Crippen LogP contribution < -0.4 is 10.6 Å². The quantitative estimate of drug-likeness (QED) is 0.481. The molecule has 6 heteroatoms. The molecule has 1 saturated heterocycles. The summed E-state index contributed by atoms with van der Waals surface area (Å²) in [6.45, 7) is 2.78. The van der Waals surface area contributed by atoms with Crippen LogP contribution in [-0.2, 0) is 6.54 Å². The second kappa shape index (κ2) is 2.93. The third-order valence-corrected chi connectivity index (χ3v) is 1.72. The molecule has 0 unspecified atom stereocenters. The summed E-state index contributed by atoms with van der Waals surface area (Å²) >= 11 is 0. The van der Waals surface area contributed by atoms with Gasteiger partial charge >= 0.3 is 0 Å². The first-order chi connectivity index (χ1) is 5.45. The number of aromatic amines is 1. The van der Waals surface area contributed by atoms with E-state index in [1.807, 2.05) is 0 Å². The van der Waals surface area contributed by atoms with Crippen LogP contribution in [0.25, 0.3) is 0 Å². The van der Waals surface area contributed by atoms with Crippen LogP contribution in [0.3, 0.4) is 0 Å². The number of aromatic nitrogens is 4. The monoisotopic (exact) mass is 154 g/mol. The summed E-state index contributed by atoms with van der Waals surface area (Å²) in [4.78, 5) is 0. The molecule has 0 saturated carbocycles. The van der Waals surface area contributed by atoms with Gasteiger partial charge in [0, 0.05) is 19.1 Å². The maximum atomic E-state index is 3.82. The molecule has 1 fully saturated rings. The number of nitrogens with zero attached hydrogens (tertiary/aromatic N) is 3. The van der Waals surface area contributed by atoms with E-state index in [-0.39, 0.29) is 0 Å². The highest BCUT2D eigenvalue weighted by Crippen LogP contribution is 1.91. The van der Waals surface area contributed by atoms with Gasteiger partial charge in [-0.25, -0.2) is 0 Å². The van der Waals surface area contributed by atoms with Crippen LogP contribution in [0, 0.1) is 0 Å². The number of tetrazole rings is 1. The van der Waals surface area contributed by atoms with E-state index in [4.69, 9.17) is 0 Å². The first-order valence-corrected chi connectivity index (χ1v) is 3.61. The van der Waals surface area contributed by atoms with Gasteiger partial charge in [-0.2, -0.15) is 5.21 Å². The van der Waals surface area contributed by atoms with Crippen molar-refractivity contribution in [1.82, 2.24) is 31.3 Å². The van der Waals surface area contributed by atoms with Crippen molar-refractivity contribution in [2.24, 2.45) is 0 Å². The molecule has 0 radical (unpaired) electrons. The first-order valence-electron chi connectivity index (χ1n) is 3.61. The van der Waals surface area contributed by atoms with Crippen LogP contribution in [0.2, 0.25) is 0 Å². The average molecular weight is 154 g/mol. The topological polar surface area (TPSA) is 78.5 Å². The number of hydrogen-bond donors (Lipinski definition) is 3. The maximum absolute atomic E-state index is 3.82. The molecule has 1 aromatic rings. The Morgan fingerprint density at radius 3 is 3.00 bits per heavy atom. The predicted octanol–water partition coefficient (Wildman–Crippen LogP) is -1.74. The Morgan fingerprint density at radius 1 is 1.55 bits per heavy atom. The molecule has 1 aliphatic rings. The lowest BCUT2D eigenvalue weighted by atomic mass is 10.2. The largest absolute Gasteiger partial charge is 0.314 e. The second-order valence-electron chi connectivity index (χ2n) is 2.56.